The largest absolute Gasteiger partial charge is 0.492 e. The number of benzene rings is 1. The van der Waals surface area contributed by atoms with Crippen molar-refractivity contribution in [3.63, 3.8) is 0 Å². The third-order valence-corrected chi connectivity index (χ3v) is 2.99. The van der Waals surface area contributed by atoms with Gasteiger partial charge in [0.05, 0.1) is 12.8 Å². The number of ether oxygens (including phenoxy) is 1. The summed E-state index contributed by atoms with van der Waals surface area (Å²) in [5, 5.41) is 4.15. The molecule has 0 saturated heterocycles. The lowest BCUT2D eigenvalue weighted by atomic mass is 10.0. The molecule has 1 aromatic carbocycles. The summed E-state index contributed by atoms with van der Waals surface area (Å²) in [5.74, 6) is 1.63. The fraction of sp³-hybridized carbons (Fsp3) is 0.250. The van der Waals surface area contributed by atoms with Crippen molar-refractivity contribution >= 4 is 5.82 Å². The van der Waals surface area contributed by atoms with Gasteiger partial charge in [0.1, 0.15) is 11.6 Å². The van der Waals surface area contributed by atoms with Crippen molar-refractivity contribution in [3.8, 4) is 16.9 Å². The molecule has 2 heterocycles. The Morgan fingerprint density at radius 1 is 1.38 bits per heavy atom. The Labute approximate surface area is 93.6 Å². The molecule has 1 aliphatic heterocycles. The number of fused-ring (bicyclic) bond motifs is 1. The lowest BCUT2D eigenvalue weighted by Crippen LogP contribution is -1.98. The molecule has 1 aliphatic rings. The molecule has 0 atom stereocenters. The highest BCUT2D eigenvalue weighted by Gasteiger charge is 2.19. The van der Waals surface area contributed by atoms with Gasteiger partial charge in [0, 0.05) is 24.6 Å². The minimum absolute atomic E-state index is 0.670. The van der Waals surface area contributed by atoms with Crippen LogP contribution in [0.3, 0.4) is 0 Å². The molecule has 1 aromatic heterocycles. The van der Waals surface area contributed by atoms with Crippen LogP contribution in [0.2, 0.25) is 0 Å². The van der Waals surface area contributed by atoms with E-state index in [0.717, 1.165) is 29.9 Å². The van der Waals surface area contributed by atoms with Gasteiger partial charge in [-0.1, -0.05) is 18.2 Å². The number of nitrogens with zero attached hydrogens (tertiary/aromatic N) is 2. The van der Waals surface area contributed by atoms with E-state index in [1.807, 2.05) is 19.2 Å². The van der Waals surface area contributed by atoms with E-state index in [1.165, 1.54) is 5.56 Å². The zero-order valence-electron chi connectivity index (χ0n) is 9.10. The molecule has 0 bridgehead atoms. The number of anilines is 1. The average molecular weight is 215 g/mol. The molecule has 0 amide bonds. The molecule has 16 heavy (non-hydrogen) atoms. The van der Waals surface area contributed by atoms with Crippen molar-refractivity contribution < 1.29 is 4.74 Å². The minimum atomic E-state index is 0.670. The maximum Gasteiger partial charge on any atom is 0.130 e. The summed E-state index contributed by atoms with van der Waals surface area (Å²) < 4.78 is 7.33. The van der Waals surface area contributed by atoms with E-state index in [-0.39, 0.29) is 0 Å². The molecule has 2 N–H and O–H groups in total. The summed E-state index contributed by atoms with van der Waals surface area (Å²) >= 11 is 0. The third kappa shape index (κ3) is 1.19. The van der Waals surface area contributed by atoms with Crippen LogP contribution in [-0.4, -0.2) is 16.4 Å². The highest BCUT2D eigenvalue weighted by Crippen LogP contribution is 2.38. The molecule has 0 radical (unpaired) electrons. The quantitative estimate of drug-likeness (QED) is 0.786. The van der Waals surface area contributed by atoms with E-state index in [9.17, 15) is 0 Å². The Balaban J connectivity index is 2.21. The van der Waals surface area contributed by atoms with Gasteiger partial charge in [0.25, 0.3) is 0 Å². The van der Waals surface area contributed by atoms with E-state index >= 15 is 0 Å². The molecule has 0 spiro atoms. The first kappa shape index (κ1) is 9.27. The Morgan fingerprint density at radius 3 is 3.00 bits per heavy atom. The monoisotopic (exact) mass is 215 g/mol. The van der Waals surface area contributed by atoms with Crippen molar-refractivity contribution in [2.24, 2.45) is 7.05 Å². The summed E-state index contributed by atoms with van der Waals surface area (Å²) in [7, 11) is 1.84. The molecular formula is C12H13N3O. The van der Waals surface area contributed by atoms with Crippen molar-refractivity contribution in [3.05, 3.63) is 30.0 Å². The maximum atomic E-state index is 5.97. The van der Waals surface area contributed by atoms with Crippen LogP contribution in [0.1, 0.15) is 5.56 Å². The van der Waals surface area contributed by atoms with Gasteiger partial charge < -0.3 is 10.5 Å². The molecule has 2 aromatic rings. The lowest BCUT2D eigenvalue weighted by molar-refractivity contribution is 0.358. The number of aromatic nitrogens is 2. The number of hydrogen-bond donors (Lipinski definition) is 1. The standard InChI is InChI=1S/C12H13N3O/c1-15-12(13)10(7-14-15)9-4-2-3-8-5-6-16-11(8)9/h2-4,7H,5-6,13H2,1H3. The SMILES string of the molecule is Cn1ncc(-c2cccc3c2OCC3)c1N. The molecule has 0 unspecified atom stereocenters. The maximum absolute atomic E-state index is 5.97. The Morgan fingerprint density at radius 2 is 2.25 bits per heavy atom. The number of aryl methyl sites for hydroxylation is 1. The molecule has 4 nitrogen and oxygen atoms in total. The molecular weight excluding hydrogens is 202 g/mol. The van der Waals surface area contributed by atoms with Gasteiger partial charge in [-0.05, 0) is 5.56 Å². The van der Waals surface area contributed by atoms with Crippen molar-refractivity contribution in [1.82, 2.24) is 9.78 Å². The van der Waals surface area contributed by atoms with Gasteiger partial charge in [-0.2, -0.15) is 5.10 Å². The fourth-order valence-corrected chi connectivity index (χ4v) is 2.08. The highest BCUT2D eigenvalue weighted by molar-refractivity contribution is 5.79. The lowest BCUT2D eigenvalue weighted by Gasteiger charge is -2.07. The van der Waals surface area contributed by atoms with Crippen molar-refractivity contribution in [1.29, 1.82) is 0 Å². The van der Waals surface area contributed by atoms with Gasteiger partial charge in [-0.15, -0.1) is 0 Å². The number of para-hydroxylation sites is 1. The van der Waals surface area contributed by atoms with Crippen LogP contribution in [0, 0.1) is 0 Å². The Hall–Kier alpha value is -1.97. The molecule has 4 heteroatoms. The van der Waals surface area contributed by atoms with Crippen LogP contribution in [0.25, 0.3) is 11.1 Å². The topological polar surface area (TPSA) is 53.1 Å². The number of nitrogens with two attached hydrogens (primary N) is 1. The molecule has 0 aliphatic carbocycles. The van der Waals surface area contributed by atoms with Gasteiger partial charge in [0.2, 0.25) is 0 Å². The van der Waals surface area contributed by atoms with E-state index in [4.69, 9.17) is 10.5 Å². The van der Waals surface area contributed by atoms with Crippen LogP contribution >= 0.6 is 0 Å². The van der Waals surface area contributed by atoms with Crippen molar-refractivity contribution in [2.75, 3.05) is 12.3 Å². The molecule has 3 rings (SSSR count). The van der Waals surface area contributed by atoms with Crippen molar-refractivity contribution in [2.45, 2.75) is 6.42 Å². The first-order valence-corrected chi connectivity index (χ1v) is 5.30. The highest BCUT2D eigenvalue weighted by atomic mass is 16.5. The van der Waals surface area contributed by atoms with Crippen LogP contribution in [0.15, 0.2) is 24.4 Å². The second kappa shape index (κ2) is 3.27. The predicted molar refractivity (Wildman–Crippen MR) is 62.3 cm³/mol. The Kier molecular flexibility index (Phi) is 1.89. The van der Waals surface area contributed by atoms with Gasteiger partial charge in [0.15, 0.2) is 0 Å². The number of hydrogen-bond acceptors (Lipinski definition) is 3. The number of rotatable bonds is 1. The summed E-state index contributed by atoms with van der Waals surface area (Å²) in [6.45, 7) is 0.756. The van der Waals surface area contributed by atoms with E-state index in [2.05, 4.69) is 11.2 Å². The summed E-state index contributed by atoms with van der Waals surface area (Å²) in [5.41, 5.74) is 9.21. The average Bonchev–Trinajstić information content (AvgIpc) is 2.87. The van der Waals surface area contributed by atoms with Crippen LogP contribution < -0.4 is 10.5 Å². The minimum Gasteiger partial charge on any atom is -0.492 e. The van der Waals surface area contributed by atoms with Crippen LogP contribution in [0.5, 0.6) is 5.75 Å². The van der Waals surface area contributed by atoms with E-state index in [1.54, 1.807) is 10.9 Å². The fourth-order valence-electron chi connectivity index (χ4n) is 2.08. The predicted octanol–water partition coefficient (Wildman–Crippen LogP) is 1.60. The second-order valence-corrected chi connectivity index (χ2v) is 3.96. The summed E-state index contributed by atoms with van der Waals surface area (Å²) in [6.07, 6.45) is 2.76. The molecule has 0 saturated carbocycles. The zero-order chi connectivity index (χ0) is 11.1. The summed E-state index contributed by atoms with van der Waals surface area (Å²) in [6, 6.07) is 6.16. The normalized spacial score (nSPS) is 13.6. The van der Waals surface area contributed by atoms with Gasteiger partial charge in [-0.25, -0.2) is 0 Å². The first-order valence-electron chi connectivity index (χ1n) is 5.30. The van der Waals surface area contributed by atoms with E-state index in [0.29, 0.717) is 5.82 Å². The van der Waals surface area contributed by atoms with Gasteiger partial charge in [-0.3, -0.25) is 4.68 Å². The van der Waals surface area contributed by atoms with E-state index < -0.39 is 0 Å². The van der Waals surface area contributed by atoms with Gasteiger partial charge >= 0.3 is 0 Å². The zero-order valence-corrected chi connectivity index (χ0v) is 9.10. The number of nitrogen functional groups attached to an aromatic ring is 1. The summed E-state index contributed by atoms with van der Waals surface area (Å²) in [4.78, 5) is 0. The Bertz CT molecular complexity index is 545. The van der Waals surface area contributed by atoms with Crippen LogP contribution in [-0.2, 0) is 13.5 Å². The van der Waals surface area contributed by atoms with Crippen LogP contribution in [0.4, 0.5) is 5.82 Å². The second-order valence-electron chi connectivity index (χ2n) is 3.96. The molecule has 0 fully saturated rings. The smallest absolute Gasteiger partial charge is 0.130 e. The first-order chi connectivity index (χ1) is 7.77. The third-order valence-electron chi connectivity index (χ3n) is 2.99. The molecule has 82 valence electrons.